The van der Waals surface area contributed by atoms with Gasteiger partial charge in [-0.05, 0) is 57.9 Å². The minimum absolute atomic E-state index is 0.0632. The van der Waals surface area contributed by atoms with Gasteiger partial charge in [0.15, 0.2) is 0 Å². The van der Waals surface area contributed by atoms with Gasteiger partial charge in [0, 0.05) is 36.6 Å². The summed E-state index contributed by atoms with van der Waals surface area (Å²) in [6.07, 6.45) is 1.69. The molecule has 2 N–H and O–H groups in total. The third-order valence-corrected chi connectivity index (χ3v) is 6.22. The van der Waals surface area contributed by atoms with E-state index >= 15 is 0 Å². The Morgan fingerprint density at radius 1 is 1.19 bits per heavy atom. The largest absolute Gasteiger partial charge is 0.356 e. The number of piperidine rings is 1. The summed E-state index contributed by atoms with van der Waals surface area (Å²) in [5.74, 6) is 1.21. The lowest BCUT2D eigenvalue weighted by molar-refractivity contribution is -0.121. The number of hydrogen-bond acceptors (Lipinski definition) is 6. The van der Waals surface area contributed by atoms with Gasteiger partial charge in [0.25, 0.3) is 0 Å². The summed E-state index contributed by atoms with van der Waals surface area (Å²) >= 11 is 1.28. The zero-order valence-electron chi connectivity index (χ0n) is 18.0. The van der Waals surface area contributed by atoms with Crippen molar-refractivity contribution in [1.82, 2.24) is 15.3 Å². The van der Waals surface area contributed by atoms with Crippen molar-refractivity contribution in [3.63, 3.8) is 0 Å². The number of thioether (sulfide) groups is 1. The molecule has 0 aliphatic carbocycles. The molecule has 31 heavy (non-hydrogen) atoms. The molecule has 1 saturated heterocycles. The van der Waals surface area contributed by atoms with E-state index in [0.29, 0.717) is 5.69 Å². The summed E-state index contributed by atoms with van der Waals surface area (Å²) in [5, 5.41) is 5.46. The third kappa shape index (κ3) is 6.92. The average Bonchev–Trinajstić information content (AvgIpc) is 2.73. The highest BCUT2D eigenvalue weighted by atomic mass is 32.2. The Hall–Kier alpha value is -2.68. The molecule has 0 bridgehead atoms. The predicted molar refractivity (Wildman–Crippen MR) is 122 cm³/mol. The first-order chi connectivity index (χ1) is 14.8. The van der Waals surface area contributed by atoms with Crippen LogP contribution >= 0.6 is 11.8 Å². The van der Waals surface area contributed by atoms with E-state index in [1.807, 2.05) is 19.9 Å². The van der Waals surface area contributed by atoms with E-state index in [0.717, 1.165) is 43.3 Å². The second-order valence-electron chi connectivity index (χ2n) is 7.69. The Labute approximate surface area is 186 Å². The number of aromatic nitrogens is 2. The Kier molecular flexibility index (Phi) is 7.84. The van der Waals surface area contributed by atoms with Crippen LogP contribution in [0, 0.1) is 19.7 Å². The van der Waals surface area contributed by atoms with Crippen LogP contribution in [0.4, 0.5) is 15.9 Å². The molecule has 0 radical (unpaired) electrons. The molecule has 3 rings (SSSR count). The number of hydrogen-bond donors (Lipinski definition) is 2. The smallest absolute Gasteiger partial charge is 0.234 e. The number of amides is 2. The number of benzene rings is 1. The lowest BCUT2D eigenvalue weighted by atomic mass is 10.0. The summed E-state index contributed by atoms with van der Waals surface area (Å²) in [6.45, 7) is 7.30. The molecule has 0 saturated carbocycles. The number of carbonyl (C=O) groups is 2. The van der Waals surface area contributed by atoms with Crippen LogP contribution in [-0.4, -0.2) is 51.9 Å². The molecular weight excluding hydrogens is 417 g/mol. The van der Waals surface area contributed by atoms with Gasteiger partial charge in [-0.1, -0.05) is 0 Å². The molecule has 1 unspecified atom stereocenters. The van der Waals surface area contributed by atoms with E-state index < -0.39 is 0 Å². The zero-order valence-corrected chi connectivity index (χ0v) is 18.8. The quantitative estimate of drug-likeness (QED) is 0.681. The molecule has 9 heteroatoms. The summed E-state index contributed by atoms with van der Waals surface area (Å²) < 4.78 is 12.9. The average molecular weight is 446 g/mol. The van der Waals surface area contributed by atoms with Gasteiger partial charge in [-0.15, -0.1) is 11.8 Å². The van der Waals surface area contributed by atoms with Crippen LogP contribution in [0.25, 0.3) is 0 Å². The van der Waals surface area contributed by atoms with Gasteiger partial charge < -0.3 is 15.5 Å². The Morgan fingerprint density at radius 3 is 2.52 bits per heavy atom. The molecule has 0 spiro atoms. The fourth-order valence-corrected chi connectivity index (χ4v) is 4.13. The van der Waals surface area contributed by atoms with E-state index in [2.05, 4.69) is 25.5 Å². The zero-order chi connectivity index (χ0) is 22.4. The maximum atomic E-state index is 12.9. The standard InChI is InChI=1S/C22H28FN5O2S/c1-14-12-20(25-16(3)24-14)28-10-8-19(9-11-28)27-22(30)15(2)31-13-21(29)26-18-6-4-17(23)5-7-18/h4-7,12,15,19H,8-11,13H2,1-3H3,(H,26,29)(H,27,30). The monoisotopic (exact) mass is 445 g/mol. The molecule has 2 heterocycles. The van der Waals surface area contributed by atoms with Gasteiger partial charge in [-0.25, -0.2) is 14.4 Å². The van der Waals surface area contributed by atoms with Gasteiger partial charge in [0.1, 0.15) is 17.5 Å². The molecule has 7 nitrogen and oxygen atoms in total. The molecule has 1 aromatic heterocycles. The van der Waals surface area contributed by atoms with Crippen molar-refractivity contribution in [2.24, 2.45) is 0 Å². The number of aryl methyl sites for hydroxylation is 2. The van der Waals surface area contributed by atoms with Gasteiger partial charge in [0.2, 0.25) is 11.8 Å². The molecule has 166 valence electrons. The van der Waals surface area contributed by atoms with E-state index in [-0.39, 0.29) is 34.7 Å². The fourth-order valence-electron chi connectivity index (χ4n) is 3.44. The Balaban J connectivity index is 1.39. The van der Waals surface area contributed by atoms with Crippen LogP contribution in [0.5, 0.6) is 0 Å². The molecule has 2 amide bonds. The van der Waals surface area contributed by atoms with Crippen molar-refractivity contribution in [2.75, 3.05) is 29.1 Å². The molecule has 1 aromatic carbocycles. The first-order valence-electron chi connectivity index (χ1n) is 10.3. The topological polar surface area (TPSA) is 87.2 Å². The summed E-state index contributed by atoms with van der Waals surface area (Å²) in [4.78, 5) is 35.6. The summed E-state index contributed by atoms with van der Waals surface area (Å²) in [6, 6.07) is 7.69. The highest BCUT2D eigenvalue weighted by Gasteiger charge is 2.24. The summed E-state index contributed by atoms with van der Waals surface area (Å²) in [5.41, 5.74) is 1.48. The molecular formula is C22H28FN5O2S. The predicted octanol–water partition coefficient (Wildman–Crippen LogP) is 3.08. The first kappa shape index (κ1) is 23.0. The third-order valence-electron chi connectivity index (χ3n) is 5.08. The van der Waals surface area contributed by atoms with Crippen molar-refractivity contribution in [3.8, 4) is 0 Å². The number of nitrogens with one attached hydrogen (secondary N) is 2. The van der Waals surface area contributed by atoms with E-state index in [1.54, 1.807) is 6.92 Å². The van der Waals surface area contributed by atoms with Crippen molar-refractivity contribution < 1.29 is 14.0 Å². The lowest BCUT2D eigenvalue weighted by Crippen LogP contribution is -2.47. The van der Waals surface area contributed by atoms with Crippen LogP contribution in [0.15, 0.2) is 30.3 Å². The van der Waals surface area contributed by atoms with Crippen molar-refractivity contribution in [1.29, 1.82) is 0 Å². The Bertz CT molecular complexity index is 896. The lowest BCUT2D eigenvalue weighted by Gasteiger charge is -2.33. The summed E-state index contributed by atoms with van der Waals surface area (Å²) in [7, 11) is 0. The van der Waals surface area contributed by atoms with Crippen LogP contribution in [0.1, 0.15) is 31.3 Å². The molecule has 1 atom stereocenters. The van der Waals surface area contributed by atoms with Crippen LogP contribution in [0.2, 0.25) is 0 Å². The van der Waals surface area contributed by atoms with Crippen LogP contribution in [-0.2, 0) is 9.59 Å². The van der Waals surface area contributed by atoms with Crippen molar-refractivity contribution in [3.05, 3.63) is 47.7 Å². The van der Waals surface area contributed by atoms with Gasteiger partial charge in [0.05, 0.1) is 11.0 Å². The molecule has 1 aliphatic heterocycles. The number of halogens is 1. The maximum Gasteiger partial charge on any atom is 0.234 e. The van der Waals surface area contributed by atoms with E-state index in [4.69, 9.17) is 0 Å². The minimum atomic E-state index is -0.356. The van der Waals surface area contributed by atoms with Gasteiger partial charge >= 0.3 is 0 Å². The highest BCUT2D eigenvalue weighted by molar-refractivity contribution is 8.01. The second kappa shape index (κ2) is 10.6. The minimum Gasteiger partial charge on any atom is -0.356 e. The second-order valence-corrected chi connectivity index (χ2v) is 9.02. The van der Waals surface area contributed by atoms with Crippen molar-refractivity contribution in [2.45, 2.75) is 44.9 Å². The van der Waals surface area contributed by atoms with E-state index in [1.165, 1.54) is 36.0 Å². The van der Waals surface area contributed by atoms with E-state index in [9.17, 15) is 14.0 Å². The van der Waals surface area contributed by atoms with Crippen LogP contribution in [0.3, 0.4) is 0 Å². The van der Waals surface area contributed by atoms with Gasteiger partial charge in [-0.2, -0.15) is 0 Å². The van der Waals surface area contributed by atoms with Crippen molar-refractivity contribution >= 4 is 35.1 Å². The molecule has 1 fully saturated rings. The first-order valence-corrected chi connectivity index (χ1v) is 11.4. The number of nitrogens with zero attached hydrogens (tertiary/aromatic N) is 3. The number of carbonyl (C=O) groups excluding carboxylic acids is 2. The molecule has 2 aromatic rings. The van der Waals surface area contributed by atoms with Crippen LogP contribution < -0.4 is 15.5 Å². The molecule has 1 aliphatic rings. The SMILES string of the molecule is Cc1cc(N2CCC(NC(=O)C(C)SCC(=O)Nc3ccc(F)cc3)CC2)nc(C)n1. The number of rotatable bonds is 7. The van der Waals surface area contributed by atoms with Gasteiger partial charge in [-0.3, -0.25) is 9.59 Å². The maximum absolute atomic E-state index is 12.9. The highest BCUT2D eigenvalue weighted by Crippen LogP contribution is 2.20. The fraction of sp³-hybridized carbons (Fsp3) is 0.455. The normalized spacial score (nSPS) is 15.4. The number of anilines is 2. The Morgan fingerprint density at radius 2 is 1.87 bits per heavy atom.